The largest absolute Gasteiger partial charge is 0.507 e. The summed E-state index contributed by atoms with van der Waals surface area (Å²) in [5.41, 5.74) is 2.62. The predicted molar refractivity (Wildman–Crippen MR) is 106 cm³/mol. The summed E-state index contributed by atoms with van der Waals surface area (Å²) < 4.78 is 10.5. The van der Waals surface area contributed by atoms with Crippen LogP contribution in [0.15, 0.2) is 48.5 Å². The minimum Gasteiger partial charge on any atom is -0.507 e. The van der Waals surface area contributed by atoms with E-state index < -0.39 is 5.91 Å². The van der Waals surface area contributed by atoms with Crippen LogP contribution < -0.4 is 14.4 Å². The fraction of sp³-hybridized carbons (Fsp3) is 0.190. The summed E-state index contributed by atoms with van der Waals surface area (Å²) in [7, 11) is 2.94. The van der Waals surface area contributed by atoms with E-state index in [1.54, 1.807) is 24.3 Å². The number of aromatic nitrogens is 2. The third kappa shape index (κ3) is 3.59. The SMILES string of the molecule is COc1cc(OC)nc(N(C(=O)c2ccccc2O)c2cccc(C)c2C)n1. The molecule has 3 rings (SSSR count). The van der Waals surface area contributed by atoms with Crippen molar-refractivity contribution in [1.82, 2.24) is 9.97 Å². The summed E-state index contributed by atoms with van der Waals surface area (Å²) in [6.45, 7) is 3.86. The Morgan fingerprint density at radius 3 is 2.21 bits per heavy atom. The van der Waals surface area contributed by atoms with Gasteiger partial charge in [-0.05, 0) is 43.2 Å². The number of carbonyl (C=O) groups is 1. The van der Waals surface area contributed by atoms with Gasteiger partial charge in [-0.3, -0.25) is 4.79 Å². The molecule has 3 aromatic rings. The maximum atomic E-state index is 13.4. The molecule has 0 bridgehead atoms. The van der Waals surface area contributed by atoms with Crippen LogP contribution in [0.1, 0.15) is 21.5 Å². The van der Waals surface area contributed by atoms with Crippen molar-refractivity contribution in [2.24, 2.45) is 0 Å². The second kappa shape index (κ2) is 7.96. The average Bonchev–Trinajstić information content (AvgIpc) is 2.71. The van der Waals surface area contributed by atoms with Gasteiger partial charge >= 0.3 is 0 Å². The second-order valence-electron chi connectivity index (χ2n) is 6.13. The van der Waals surface area contributed by atoms with E-state index in [4.69, 9.17) is 9.47 Å². The second-order valence-corrected chi connectivity index (χ2v) is 6.13. The first kappa shape index (κ1) is 19.2. The minimum atomic E-state index is -0.470. The van der Waals surface area contributed by atoms with Crippen LogP contribution in [0.5, 0.6) is 17.5 Å². The lowest BCUT2D eigenvalue weighted by Gasteiger charge is -2.24. The van der Waals surface area contributed by atoms with Crippen LogP contribution in [-0.2, 0) is 0 Å². The summed E-state index contributed by atoms with van der Waals surface area (Å²) in [6, 6.07) is 13.5. The summed E-state index contributed by atoms with van der Waals surface area (Å²) in [5, 5.41) is 10.2. The first-order valence-electron chi connectivity index (χ1n) is 8.62. The van der Waals surface area contributed by atoms with Gasteiger partial charge in [0.05, 0.1) is 31.5 Å². The number of amides is 1. The van der Waals surface area contributed by atoms with Gasteiger partial charge in [0, 0.05) is 0 Å². The Labute approximate surface area is 163 Å². The molecule has 1 aromatic heterocycles. The minimum absolute atomic E-state index is 0.0816. The van der Waals surface area contributed by atoms with Crippen LogP contribution in [0.2, 0.25) is 0 Å². The van der Waals surface area contributed by atoms with Crippen LogP contribution in [0, 0.1) is 13.8 Å². The molecule has 0 spiro atoms. The normalized spacial score (nSPS) is 10.4. The fourth-order valence-electron chi connectivity index (χ4n) is 2.76. The molecule has 7 heteroatoms. The van der Waals surface area contributed by atoms with Gasteiger partial charge in [-0.1, -0.05) is 24.3 Å². The number of anilines is 2. The summed E-state index contributed by atoms with van der Waals surface area (Å²) in [6.07, 6.45) is 0. The van der Waals surface area contributed by atoms with Gasteiger partial charge in [0.15, 0.2) is 0 Å². The number of aromatic hydroxyl groups is 1. The van der Waals surface area contributed by atoms with E-state index in [2.05, 4.69) is 9.97 Å². The van der Waals surface area contributed by atoms with E-state index >= 15 is 0 Å². The molecule has 0 aliphatic carbocycles. The molecule has 0 saturated carbocycles. The van der Waals surface area contributed by atoms with Gasteiger partial charge in [-0.25, -0.2) is 4.90 Å². The molecule has 0 aliphatic heterocycles. The Morgan fingerprint density at radius 1 is 0.964 bits per heavy atom. The highest BCUT2D eigenvalue weighted by atomic mass is 16.5. The number of methoxy groups -OCH3 is 2. The molecular weight excluding hydrogens is 358 g/mol. The highest BCUT2D eigenvalue weighted by molar-refractivity contribution is 6.11. The quantitative estimate of drug-likeness (QED) is 0.726. The predicted octanol–water partition coefficient (Wildman–Crippen LogP) is 3.79. The zero-order valence-corrected chi connectivity index (χ0v) is 16.1. The molecule has 0 saturated heterocycles. The van der Waals surface area contributed by atoms with E-state index in [9.17, 15) is 9.90 Å². The molecule has 7 nitrogen and oxygen atoms in total. The van der Waals surface area contributed by atoms with E-state index in [-0.39, 0.29) is 29.0 Å². The van der Waals surface area contributed by atoms with Gasteiger partial charge in [-0.2, -0.15) is 9.97 Å². The maximum absolute atomic E-state index is 13.4. The van der Waals surface area contributed by atoms with Crippen LogP contribution in [0.25, 0.3) is 0 Å². The maximum Gasteiger partial charge on any atom is 0.269 e. The van der Waals surface area contributed by atoms with Crippen molar-refractivity contribution in [3.63, 3.8) is 0 Å². The number of ether oxygens (including phenoxy) is 2. The number of benzene rings is 2. The van der Waals surface area contributed by atoms with Gasteiger partial charge in [0.25, 0.3) is 5.91 Å². The molecule has 28 heavy (non-hydrogen) atoms. The van der Waals surface area contributed by atoms with Crippen LogP contribution in [0.3, 0.4) is 0 Å². The zero-order valence-electron chi connectivity index (χ0n) is 16.1. The first-order valence-corrected chi connectivity index (χ1v) is 8.62. The van der Waals surface area contributed by atoms with Crippen LogP contribution in [0.4, 0.5) is 11.6 Å². The average molecular weight is 379 g/mol. The molecule has 0 aliphatic rings. The summed E-state index contributed by atoms with van der Waals surface area (Å²) >= 11 is 0. The third-order valence-electron chi connectivity index (χ3n) is 4.44. The van der Waals surface area contributed by atoms with Gasteiger partial charge in [-0.15, -0.1) is 0 Å². The Kier molecular flexibility index (Phi) is 5.44. The van der Waals surface area contributed by atoms with Crippen molar-refractivity contribution in [2.75, 3.05) is 19.1 Å². The van der Waals surface area contributed by atoms with Gasteiger partial charge in [0.1, 0.15) is 5.75 Å². The molecule has 1 amide bonds. The highest BCUT2D eigenvalue weighted by Crippen LogP contribution is 2.33. The number of carbonyl (C=O) groups excluding carboxylic acids is 1. The number of phenols is 1. The molecule has 1 heterocycles. The van der Waals surface area contributed by atoms with E-state index in [1.807, 2.05) is 26.0 Å². The number of hydrogen-bond donors (Lipinski definition) is 1. The van der Waals surface area contributed by atoms with Crippen molar-refractivity contribution < 1.29 is 19.4 Å². The fourth-order valence-corrected chi connectivity index (χ4v) is 2.76. The Bertz CT molecular complexity index is 998. The van der Waals surface area contributed by atoms with Crippen LogP contribution >= 0.6 is 0 Å². The lowest BCUT2D eigenvalue weighted by molar-refractivity contribution is 0.0995. The molecule has 0 unspecified atom stereocenters. The third-order valence-corrected chi connectivity index (χ3v) is 4.44. The summed E-state index contributed by atoms with van der Waals surface area (Å²) in [4.78, 5) is 23.5. The van der Waals surface area contributed by atoms with E-state index in [0.717, 1.165) is 11.1 Å². The number of aryl methyl sites for hydroxylation is 1. The summed E-state index contributed by atoms with van der Waals surface area (Å²) in [5.74, 6) is -0.0117. The van der Waals surface area contributed by atoms with Crippen LogP contribution in [-0.4, -0.2) is 35.2 Å². The first-order chi connectivity index (χ1) is 13.5. The Morgan fingerprint density at radius 2 is 1.61 bits per heavy atom. The van der Waals surface area contributed by atoms with E-state index in [1.165, 1.54) is 31.3 Å². The molecule has 0 fully saturated rings. The monoisotopic (exact) mass is 379 g/mol. The smallest absolute Gasteiger partial charge is 0.269 e. The van der Waals surface area contributed by atoms with E-state index in [0.29, 0.717) is 5.69 Å². The number of para-hydroxylation sites is 1. The molecule has 1 N–H and O–H groups in total. The van der Waals surface area contributed by atoms with Gasteiger partial charge in [0.2, 0.25) is 17.7 Å². The molecule has 2 aromatic carbocycles. The lowest BCUT2D eigenvalue weighted by Crippen LogP contribution is -2.29. The molecule has 0 atom stereocenters. The van der Waals surface area contributed by atoms with Crippen molar-refractivity contribution >= 4 is 17.5 Å². The van der Waals surface area contributed by atoms with Crippen molar-refractivity contribution in [2.45, 2.75) is 13.8 Å². The number of nitrogens with zero attached hydrogens (tertiary/aromatic N) is 3. The number of phenolic OH excluding ortho intramolecular Hbond substituents is 1. The Balaban J connectivity index is 2.25. The topological polar surface area (TPSA) is 84.8 Å². The standard InChI is InChI=1S/C21H21N3O4/c1-13-8-7-10-16(14(13)2)24(20(26)15-9-5-6-11-17(15)25)21-22-18(27-3)12-19(23-21)28-4/h5-12,25H,1-4H3. The molecular formula is C21H21N3O4. The highest BCUT2D eigenvalue weighted by Gasteiger charge is 2.27. The number of rotatable bonds is 5. The van der Waals surface area contributed by atoms with Crippen molar-refractivity contribution in [1.29, 1.82) is 0 Å². The Hall–Kier alpha value is -3.61. The van der Waals surface area contributed by atoms with Gasteiger partial charge < -0.3 is 14.6 Å². The molecule has 0 radical (unpaired) electrons. The molecule has 144 valence electrons. The lowest BCUT2D eigenvalue weighted by atomic mass is 10.1. The zero-order chi connectivity index (χ0) is 20.3. The van der Waals surface area contributed by atoms with Crippen molar-refractivity contribution in [3.8, 4) is 17.5 Å². The number of hydrogen-bond acceptors (Lipinski definition) is 6. The van der Waals surface area contributed by atoms with Crippen molar-refractivity contribution in [3.05, 3.63) is 65.2 Å².